The Labute approximate surface area is 171 Å². The van der Waals surface area contributed by atoms with Gasteiger partial charge in [-0.1, -0.05) is 12.1 Å². The smallest absolute Gasteiger partial charge is 0.167 e. The van der Waals surface area contributed by atoms with Gasteiger partial charge in [-0.25, -0.2) is 0 Å². The first-order valence-electron chi connectivity index (χ1n) is 9.41. The molecule has 3 aromatic heterocycles. The highest BCUT2D eigenvalue weighted by Crippen LogP contribution is 2.36. The Kier molecular flexibility index (Phi) is 4.06. The summed E-state index contributed by atoms with van der Waals surface area (Å²) in [5, 5.41) is 1.90. The Balaban J connectivity index is 1.84. The molecule has 2 aromatic carbocycles. The normalized spacial score (nSPS) is 11.3. The van der Waals surface area contributed by atoms with Gasteiger partial charge in [0.05, 0.1) is 42.0 Å². The topological polar surface area (TPSA) is 72.8 Å². The summed E-state index contributed by atoms with van der Waals surface area (Å²) in [6.45, 7) is 0. The lowest BCUT2D eigenvalue weighted by Crippen LogP contribution is -1.92. The van der Waals surface area contributed by atoms with Gasteiger partial charge in [0.15, 0.2) is 12.6 Å². The first-order valence-corrected chi connectivity index (χ1v) is 9.41. The SMILES string of the molecule is COc1ccc(-c2cc3c4[nH]c5c(C=O)c(OC)ccc5c4ccn3c2C=O)cc1. The molecule has 0 saturated carbocycles. The molecule has 3 heterocycles. The molecule has 0 radical (unpaired) electrons. The molecule has 0 aliphatic carbocycles. The molecule has 0 amide bonds. The van der Waals surface area contributed by atoms with Crippen LogP contribution < -0.4 is 9.47 Å². The average molecular weight is 398 g/mol. The lowest BCUT2D eigenvalue weighted by Gasteiger charge is -2.03. The van der Waals surface area contributed by atoms with Gasteiger partial charge in [-0.15, -0.1) is 0 Å². The number of hydrogen-bond donors (Lipinski definition) is 1. The minimum Gasteiger partial charge on any atom is -0.497 e. The van der Waals surface area contributed by atoms with Gasteiger partial charge in [0.2, 0.25) is 0 Å². The maximum atomic E-state index is 12.0. The van der Waals surface area contributed by atoms with Crippen molar-refractivity contribution in [1.29, 1.82) is 0 Å². The second kappa shape index (κ2) is 6.77. The number of aldehydes is 2. The molecule has 148 valence electrons. The van der Waals surface area contributed by atoms with Crippen molar-refractivity contribution in [2.45, 2.75) is 0 Å². The van der Waals surface area contributed by atoms with Crippen molar-refractivity contribution >= 4 is 39.9 Å². The number of ether oxygens (including phenoxy) is 2. The molecule has 0 aliphatic heterocycles. The van der Waals surface area contributed by atoms with Gasteiger partial charge in [-0.3, -0.25) is 9.59 Å². The number of pyridine rings is 1. The van der Waals surface area contributed by atoms with Crippen LogP contribution in [0.2, 0.25) is 0 Å². The highest BCUT2D eigenvalue weighted by Gasteiger charge is 2.18. The van der Waals surface area contributed by atoms with Crippen LogP contribution in [0.15, 0.2) is 54.7 Å². The van der Waals surface area contributed by atoms with Gasteiger partial charge in [0, 0.05) is 22.5 Å². The lowest BCUT2D eigenvalue weighted by molar-refractivity contribution is 0.111. The molecule has 5 aromatic rings. The van der Waals surface area contributed by atoms with Crippen LogP contribution in [0.3, 0.4) is 0 Å². The van der Waals surface area contributed by atoms with Gasteiger partial charge < -0.3 is 18.9 Å². The van der Waals surface area contributed by atoms with Crippen LogP contribution in [0.4, 0.5) is 0 Å². The van der Waals surface area contributed by atoms with Crippen LogP contribution in [0.5, 0.6) is 11.5 Å². The van der Waals surface area contributed by atoms with Gasteiger partial charge in [-0.05, 0) is 42.0 Å². The van der Waals surface area contributed by atoms with Gasteiger partial charge in [-0.2, -0.15) is 0 Å². The molecule has 0 saturated heterocycles. The van der Waals surface area contributed by atoms with Crippen molar-refractivity contribution in [2.24, 2.45) is 0 Å². The van der Waals surface area contributed by atoms with E-state index < -0.39 is 0 Å². The molecular formula is C24H18N2O4. The minimum absolute atomic E-state index is 0.474. The van der Waals surface area contributed by atoms with Crippen LogP contribution in [0.1, 0.15) is 20.8 Å². The summed E-state index contributed by atoms with van der Waals surface area (Å²) in [5.74, 6) is 1.27. The summed E-state index contributed by atoms with van der Waals surface area (Å²) in [6, 6.07) is 15.3. The molecule has 0 bridgehead atoms. The van der Waals surface area contributed by atoms with Gasteiger partial charge >= 0.3 is 0 Å². The first kappa shape index (κ1) is 18.0. The largest absolute Gasteiger partial charge is 0.497 e. The summed E-state index contributed by atoms with van der Waals surface area (Å²) < 4.78 is 12.4. The van der Waals surface area contributed by atoms with Crippen LogP contribution in [0, 0.1) is 0 Å². The van der Waals surface area contributed by atoms with E-state index >= 15 is 0 Å². The lowest BCUT2D eigenvalue weighted by atomic mass is 10.1. The highest BCUT2D eigenvalue weighted by atomic mass is 16.5. The summed E-state index contributed by atoms with van der Waals surface area (Å²) >= 11 is 0. The third-order valence-electron chi connectivity index (χ3n) is 5.59. The van der Waals surface area contributed by atoms with Crippen molar-refractivity contribution in [3.05, 3.63) is 66.0 Å². The molecule has 5 rings (SSSR count). The van der Waals surface area contributed by atoms with Crippen LogP contribution in [-0.4, -0.2) is 36.2 Å². The van der Waals surface area contributed by atoms with E-state index in [4.69, 9.17) is 9.47 Å². The Morgan fingerprint density at radius 3 is 2.30 bits per heavy atom. The number of rotatable bonds is 5. The molecule has 0 spiro atoms. The number of carbonyl (C=O) groups excluding carboxylic acids is 2. The predicted octanol–water partition coefficient (Wildman–Crippen LogP) is 4.88. The molecule has 30 heavy (non-hydrogen) atoms. The zero-order valence-electron chi connectivity index (χ0n) is 16.4. The Morgan fingerprint density at radius 2 is 1.63 bits per heavy atom. The third-order valence-corrected chi connectivity index (χ3v) is 5.59. The second-order valence-corrected chi connectivity index (χ2v) is 7.00. The zero-order valence-corrected chi connectivity index (χ0v) is 16.4. The second-order valence-electron chi connectivity index (χ2n) is 7.00. The quantitative estimate of drug-likeness (QED) is 0.428. The first-order chi connectivity index (χ1) is 14.7. The minimum atomic E-state index is 0.474. The van der Waals surface area contributed by atoms with E-state index in [1.54, 1.807) is 20.3 Å². The van der Waals surface area contributed by atoms with Crippen molar-refractivity contribution < 1.29 is 19.1 Å². The van der Waals surface area contributed by atoms with E-state index in [-0.39, 0.29) is 0 Å². The molecule has 0 unspecified atom stereocenters. The zero-order chi connectivity index (χ0) is 20.8. The molecule has 0 fully saturated rings. The molecule has 6 nitrogen and oxygen atoms in total. The number of aromatic nitrogens is 2. The number of carbonyl (C=O) groups is 2. The standard InChI is InChI=1S/C24H18N2O4/c1-29-15-5-3-14(4-6-15)18-11-20-24-17(9-10-26(20)21(18)13-28)16-7-8-22(30-2)19(12-27)23(16)25-24/h3-13,25H,1-2H3. The summed E-state index contributed by atoms with van der Waals surface area (Å²) in [5.41, 5.74) is 5.20. The Morgan fingerprint density at radius 1 is 0.867 bits per heavy atom. The molecule has 1 N–H and O–H groups in total. The van der Waals surface area contributed by atoms with Crippen LogP contribution >= 0.6 is 0 Å². The molecule has 0 atom stereocenters. The van der Waals surface area contributed by atoms with E-state index in [1.807, 2.05) is 53.1 Å². The summed E-state index contributed by atoms with van der Waals surface area (Å²) in [7, 11) is 3.16. The van der Waals surface area contributed by atoms with Crippen LogP contribution in [0.25, 0.3) is 38.4 Å². The number of H-pyrrole nitrogens is 1. The van der Waals surface area contributed by atoms with E-state index in [0.29, 0.717) is 22.5 Å². The van der Waals surface area contributed by atoms with Gasteiger partial charge in [0.25, 0.3) is 0 Å². The Bertz CT molecular complexity index is 1440. The molecular weight excluding hydrogens is 380 g/mol. The summed E-state index contributed by atoms with van der Waals surface area (Å²) in [6.07, 6.45) is 3.54. The van der Waals surface area contributed by atoms with E-state index in [2.05, 4.69) is 4.98 Å². The van der Waals surface area contributed by atoms with E-state index in [0.717, 1.165) is 51.3 Å². The fourth-order valence-corrected chi connectivity index (χ4v) is 4.12. The average Bonchev–Trinajstić information content (AvgIpc) is 3.36. The number of aromatic amines is 1. The maximum absolute atomic E-state index is 12.0. The molecule has 0 aliphatic rings. The monoisotopic (exact) mass is 398 g/mol. The van der Waals surface area contributed by atoms with Crippen LogP contribution in [-0.2, 0) is 0 Å². The number of fused-ring (bicyclic) bond motifs is 5. The van der Waals surface area contributed by atoms with Crippen molar-refractivity contribution in [2.75, 3.05) is 14.2 Å². The number of hydrogen-bond acceptors (Lipinski definition) is 4. The number of benzene rings is 2. The van der Waals surface area contributed by atoms with Gasteiger partial charge in [0.1, 0.15) is 11.5 Å². The molecule has 6 heteroatoms. The van der Waals surface area contributed by atoms with E-state index in [9.17, 15) is 9.59 Å². The highest BCUT2D eigenvalue weighted by molar-refractivity contribution is 6.16. The number of nitrogens with one attached hydrogen (secondary N) is 1. The van der Waals surface area contributed by atoms with E-state index in [1.165, 1.54) is 0 Å². The van der Waals surface area contributed by atoms with Crippen molar-refractivity contribution in [1.82, 2.24) is 9.38 Å². The maximum Gasteiger partial charge on any atom is 0.167 e. The third kappa shape index (κ3) is 2.43. The number of methoxy groups -OCH3 is 2. The van der Waals surface area contributed by atoms with Crippen molar-refractivity contribution in [3.63, 3.8) is 0 Å². The fourth-order valence-electron chi connectivity index (χ4n) is 4.12. The summed E-state index contributed by atoms with van der Waals surface area (Å²) in [4.78, 5) is 27.1. The van der Waals surface area contributed by atoms with Crippen molar-refractivity contribution in [3.8, 4) is 22.6 Å². The Hall–Kier alpha value is -4.06. The predicted molar refractivity (Wildman–Crippen MR) is 116 cm³/mol. The fraction of sp³-hybridized carbons (Fsp3) is 0.0833. The number of nitrogens with zero attached hydrogens (tertiary/aromatic N) is 1.